The highest BCUT2D eigenvalue weighted by Gasteiger charge is 2.70. The minimum absolute atomic E-state index is 0.000585. The second kappa shape index (κ2) is 7.20. The zero-order chi connectivity index (χ0) is 23.1. The molecule has 4 fully saturated rings. The van der Waals surface area contributed by atoms with Crippen molar-refractivity contribution in [3.8, 4) is 0 Å². The molecule has 7 heteroatoms. The summed E-state index contributed by atoms with van der Waals surface area (Å²) in [5, 5.41) is 33.2. The molecule has 0 saturated heterocycles. The van der Waals surface area contributed by atoms with Crippen molar-refractivity contribution in [3.05, 3.63) is 11.6 Å². The van der Waals surface area contributed by atoms with Crippen LogP contribution in [0.15, 0.2) is 11.6 Å². The first-order chi connectivity index (χ1) is 15.0. The van der Waals surface area contributed by atoms with Gasteiger partial charge in [-0.05, 0) is 86.0 Å². The molecule has 4 aliphatic carbocycles. The standard InChI is InChI=1S/C25H37NO6/c1-23-8-6-16(26(3)22(29)30)11-15(23)4-5-18-19(23)12-20(27)24(2)17(7-9-25(18,24)31)14-10-21(28)32-13-14/h10,15-20,27,31H,4-9,11-13H2,1-3H3,(H,29,30)/t15-,16-,17-,18-,19-,20-,23-,24-,25-/m1/s1. The third kappa shape index (κ3) is 2.79. The zero-order valence-corrected chi connectivity index (χ0v) is 19.4. The van der Waals surface area contributed by atoms with Gasteiger partial charge in [0.1, 0.15) is 6.61 Å². The summed E-state index contributed by atoms with van der Waals surface area (Å²) >= 11 is 0. The average molecular weight is 448 g/mol. The number of amides is 1. The van der Waals surface area contributed by atoms with Gasteiger partial charge in [-0.2, -0.15) is 0 Å². The van der Waals surface area contributed by atoms with Gasteiger partial charge >= 0.3 is 12.1 Å². The van der Waals surface area contributed by atoms with E-state index in [0.717, 1.165) is 44.1 Å². The van der Waals surface area contributed by atoms with E-state index in [4.69, 9.17) is 4.74 Å². The molecule has 1 aliphatic heterocycles. The van der Waals surface area contributed by atoms with Crippen molar-refractivity contribution < 1.29 is 29.6 Å². The molecule has 0 aromatic heterocycles. The number of nitrogens with zero attached hydrogens (tertiary/aromatic N) is 1. The largest absolute Gasteiger partial charge is 0.465 e. The molecule has 32 heavy (non-hydrogen) atoms. The summed E-state index contributed by atoms with van der Waals surface area (Å²) in [6, 6.07) is 0.0479. The molecule has 0 spiro atoms. The van der Waals surface area contributed by atoms with E-state index in [-0.39, 0.29) is 41.8 Å². The number of esters is 1. The number of hydrogen-bond acceptors (Lipinski definition) is 5. The molecular weight excluding hydrogens is 410 g/mol. The second-order valence-electron chi connectivity index (χ2n) is 11.7. The summed E-state index contributed by atoms with van der Waals surface area (Å²) in [7, 11) is 1.67. The summed E-state index contributed by atoms with van der Waals surface area (Å²) in [4.78, 5) is 24.7. The number of hydrogen-bond donors (Lipinski definition) is 3. The highest BCUT2D eigenvalue weighted by molar-refractivity contribution is 5.85. The van der Waals surface area contributed by atoms with Crippen molar-refractivity contribution in [2.24, 2.45) is 34.5 Å². The van der Waals surface area contributed by atoms with Gasteiger partial charge in [-0.15, -0.1) is 0 Å². The van der Waals surface area contributed by atoms with Gasteiger partial charge in [0.25, 0.3) is 0 Å². The van der Waals surface area contributed by atoms with E-state index in [9.17, 15) is 24.9 Å². The van der Waals surface area contributed by atoms with Crippen molar-refractivity contribution in [2.45, 2.75) is 83.0 Å². The minimum Gasteiger partial charge on any atom is -0.465 e. The van der Waals surface area contributed by atoms with E-state index in [1.807, 2.05) is 6.92 Å². The Labute approximate surface area is 189 Å². The first-order valence-corrected chi connectivity index (χ1v) is 12.3. The molecule has 1 heterocycles. The van der Waals surface area contributed by atoms with Crippen molar-refractivity contribution in [2.75, 3.05) is 13.7 Å². The van der Waals surface area contributed by atoms with Crippen LogP contribution in [0.25, 0.3) is 0 Å². The molecule has 1 amide bonds. The maximum absolute atomic E-state index is 12.3. The van der Waals surface area contributed by atoms with Crippen LogP contribution in [0, 0.1) is 34.5 Å². The van der Waals surface area contributed by atoms with Crippen LogP contribution in [0.2, 0.25) is 0 Å². The Morgan fingerprint density at radius 1 is 1.12 bits per heavy atom. The number of cyclic esters (lactones) is 1. The normalized spacial score (nSPS) is 50.0. The van der Waals surface area contributed by atoms with Crippen molar-refractivity contribution in [3.63, 3.8) is 0 Å². The maximum atomic E-state index is 12.3. The Morgan fingerprint density at radius 3 is 2.53 bits per heavy atom. The molecule has 5 aliphatic rings. The molecule has 4 saturated carbocycles. The summed E-state index contributed by atoms with van der Waals surface area (Å²) in [5.41, 5.74) is -0.726. The first-order valence-electron chi connectivity index (χ1n) is 12.3. The fourth-order valence-electron chi connectivity index (χ4n) is 8.87. The molecule has 0 bridgehead atoms. The summed E-state index contributed by atoms with van der Waals surface area (Å²) in [5.74, 6) is 0.387. The van der Waals surface area contributed by atoms with Crippen LogP contribution in [-0.2, 0) is 9.53 Å². The van der Waals surface area contributed by atoms with Crippen LogP contribution in [-0.4, -0.2) is 63.7 Å². The lowest BCUT2D eigenvalue weighted by Gasteiger charge is -2.65. The van der Waals surface area contributed by atoms with Crippen LogP contribution < -0.4 is 0 Å². The highest BCUT2D eigenvalue weighted by Crippen LogP contribution is 2.70. The zero-order valence-electron chi connectivity index (χ0n) is 19.4. The third-order valence-corrected chi connectivity index (χ3v) is 10.9. The Bertz CT molecular complexity index is 857. The lowest BCUT2D eigenvalue weighted by atomic mass is 9.42. The quantitative estimate of drug-likeness (QED) is 0.561. The monoisotopic (exact) mass is 447 g/mol. The highest BCUT2D eigenvalue weighted by atomic mass is 16.5. The van der Waals surface area contributed by atoms with Gasteiger partial charge < -0.3 is 25.0 Å². The lowest BCUT2D eigenvalue weighted by Crippen LogP contribution is -2.67. The average Bonchev–Trinajstić information content (AvgIpc) is 3.29. The predicted molar refractivity (Wildman–Crippen MR) is 117 cm³/mol. The Balaban J connectivity index is 1.44. The number of rotatable bonds is 2. The molecular formula is C25H37NO6. The molecule has 178 valence electrons. The summed E-state index contributed by atoms with van der Waals surface area (Å²) < 4.78 is 5.17. The number of aliphatic hydroxyl groups excluding tert-OH is 1. The van der Waals surface area contributed by atoms with Gasteiger partial charge in [0.2, 0.25) is 0 Å². The van der Waals surface area contributed by atoms with Gasteiger partial charge in [0, 0.05) is 24.6 Å². The number of carbonyl (C=O) groups excluding carboxylic acids is 1. The van der Waals surface area contributed by atoms with Crippen LogP contribution in [0.4, 0.5) is 4.79 Å². The molecule has 5 rings (SSSR count). The van der Waals surface area contributed by atoms with Gasteiger partial charge in [-0.25, -0.2) is 9.59 Å². The molecule has 0 aromatic carbocycles. The minimum atomic E-state index is -0.963. The van der Waals surface area contributed by atoms with E-state index in [1.54, 1.807) is 13.1 Å². The van der Waals surface area contributed by atoms with Crippen molar-refractivity contribution in [1.82, 2.24) is 4.90 Å². The van der Waals surface area contributed by atoms with Gasteiger partial charge in [0.05, 0.1) is 11.7 Å². The molecule has 0 aromatic rings. The number of ether oxygens (including phenoxy) is 1. The van der Waals surface area contributed by atoms with Crippen LogP contribution in [0.3, 0.4) is 0 Å². The fourth-order valence-corrected chi connectivity index (χ4v) is 8.87. The van der Waals surface area contributed by atoms with Crippen molar-refractivity contribution >= 4 is 12.1 Å². The molecule has 9 atom stereocenters. The lowest BCUT2D eigenvalue weighted by molar-refractivity contribution is -0.243. The molecule has 7 nitrogen and oxygen atoms in total. The number of aliphatic hydroxyl groups is 2. The van der Waals surface area contributed by atoms with E-state index in [0.29, 0.717) is 18.8 Å². The molecule has 0 radical (unpaired) electrons. The van der Waals surface area contributed by atoms with Gasteiger partial charge in [-0.3, -0.25) is 0 Å². The smallest absolute Gasteiger partial charge is 0.407 e. The van der Waals surface area contributed by atoms with Crippen LogP contribution in [0.1, 0.15) is 65.2 Å². The van der Waals surface area contributed by atoms with E-state index in [1.165, 1.54) is 4.90 Å². The van der Waals surface area contributed by atoms with E-state index in [2.05, 4.69) is 6.92 Å². The number of carbonyl (C=O) groups is 2. The van der Waals surface area contributed by atoms with Crippen LogP contribution >= 0.6 is 0 Å². The molecule has 3 N–H and O–H groups in total. The summed E-state index contributed by atoms with van der Waals surface area (Å²) in [6.45, 7) is 4.62. The van der Waals surface area contributed by atoms with Gasteiger partial charge in [0.15, 0.2) is 0 Å². The van der Waals surface area contributed by atoms with E-state index < -0.39 is 23.2 Å². The second-order valence-corrected chi connectivity index (χ2v) is 11.7. The third-order valence-electron chi connectivity index (χ3n) is 10.9. The molecule has 0 unspecified atom stereocenters. The predicted octanol–water partition coefficient (Wildman–Crippen LogP) is 3.19. The Hall–Kier alpha value is -1.60. The first kappa shape index (κ1) is 22.2. The Morgan fingerprint density at radius 2 is 1.88 bits per heavy atom. The summed E-state index contributed by atoms with van der Waals surface area (Å²) in [6.07, 6.45) is 6.65. The van der Waals surface area contributed by atoms with Crippen molar-refractivity contribution in [1.29, 1.82) is 0 Å². The van der Waals surface area contributed by atoms with E-state index >= 15 is 0 Å². The fraction of sp³-hybridized carbons (Fsp3) is 0.840. The van der Waals surface area contributed by atoms with Gasteiger partial charge in [-0.1, -0.05) is 13.8 Å². The Kier molecular flexibility index (Phi) is 4.99. The topological polar surface area (TPSA) is 107 Å². The van der Waals surface area contributed by atoms with Crippen LogP contribution in [0.5, 0.6) is 0 Å². The SMILES string of the molecule is CN(C(=O)O)[C@@H]1CC[C@]2(C)[C@H](CC[C@@H]3[C@H]2C[C@@H](O)[C@@]2(C)[C@@H](C4=CC(=O)OC4)CC[C@@]32O)C1. The number of carboxylic acid groups (broad SMARTS) is 1. The maximum Gasteiger partial charge on any atom is 0.407 e. The number of fused-ring (bicyclic) bond motifs is 5.